The maximum Gasteiger partial charge on any atom is 0.307 e. The molecule has 0 aliphatic carbocycles. The minimum atomic E-state index is 0.0309. The molecule has 1 aromatic carbocycles. The molecule has 2 heterocycles. The number of piperidine rings is 1. The second kappa shape index (κ2) is 9.33. The molecule has 1 saturated heterocycles. The molecule has 6 heteroatoms. The van der Waals surface area contributed by atoms with Gasteiger partial charge in [-0.3, -0.25) is 9.59 Å². The maximum absolute atomic E-state index is 12.5. The van der Waals surface area contributed by atoms with Gasteiger partial charge in [-0.05, 0) is 38.7 Å². The number of aromatic nitrogens is 1. The number of hydrogen-bond acceptors (Lipinski definition) is 4. The Hall–Kier alpha value is -1.92. The molecule has 1 fully saturated rings. The van der Waals surface area contributed by atoms with Gasteiger partial charge in [0, 0.05) is 36.6 Å². The molecule has 0 bridgehead atoms. The second-order valence-corrected chi connectivity index (χ2v) is 8.26. The highest BCUT2D eigenvalue weighted by Crippen LogP contribution is 2.16. The third kappa shape index (κ3) is 5.30. The smallest absolute Gasteiger partial charge is 0.307 e. The summed E-state index contributed by atoms with van der Waals surface area (Å²) in [6.07, 6.45) is 3.32. The highest BCUT2D eigenvalue weighted by Gasteiger charge is 2.23. The first kappa shape index (κ1) is 19.8. The van der Waals surface area contributed by atoms with E-state index in [0.717, 1.165) is 49.5 Å². The monoisotopic (exact) mass is 388 g/mol. The van der Waals surface area contributed by atoms with E-state index < -0.39 is 0 Å². The van der Waals surface area contributed by atoms with E-state index in [1.165, 1.54) is 16.9 Å². The molecule has 0 radical (unpaired) electrons. The molecule has 0 atom stereocenters. The van der Waals surface area contributed by atoms with E-state index >= 15 is 0 Å². The van der Waals surface area contributed by atoms with Gasteiger partial charge in [0.15, 0.2) is 0 Å². The number of thiazole rings is 1. The van der Waals surface area contributed by atoms with Crippen LogP contribution in [0, 0.1) is 13.8 Å². The van der Waals surface area contributed by atoms with E-state index in [-0.39, 0.29) is 16.9 Å². The second-order valence-electron chi connectivity index (χ2n) is 7.10. The summed E-state index contributed by atoms with van der Waals surface area (Å²) in [5, 5.41) is 0. The van der Waals surface area contributed by atoms with Crippen molar-refractivity contribution in [3.05, 3.63) is 56.1 Å². The summed E-state index contributed by atoms with van der Waals surface area (Å²) >= 11 is 1.26. The molecule has 0 N–H and O–H groups in total. The van der Waals surface area contributed by atoms with Crippen LogP contribution < -0.4 is 4.87 Å². The molecule has 146 valence electrons. The number of benzene rings is 1. The van der Waals surface area contributed by atoms with Crippen molar-refractivity contribution in [3.8, 4) is 0 Å². The highest BCUT2D eigenvalue weighted by atomic mass is 32.1. The van der Waals surface area contributed by atoms with Crippen molar-refractivity contribution in [1.82, 2.24) is 9.47 Å². The number of amides is 1. The van der Waals surface area contributed by atoms with E-state index in [9.17, 15) is 9.59 Å². The molecule has 5 nitrogen and oxygen atoms in total. The van der Waals surface area contributed by atoms with Crippen LogP contribution in [0.25, 0.3) is 0 Å². The summed E-state index contributed by atoms with van der Waals surface area (Å²) in [5.74, 6) is 0.132. The van der Waals surface area contributed by atoms with Crippen molar-refractivity contribution < 1.29 is 9.53 Å². The summed E-state index contributed by atoms with van der Waals surface area (Å²) in [6.45, 7) is 6.57. The Morgan fingerprint density at radius 3 is 2.52 bits per heavy atom. The van der Waals surface area contributed by atoms with Crippen molar-refractivity contribution in [3.63, 3.8) is 0 Å². The standard InChI is InChI=1S/C21H28N2O3S/c1-16-17(2)27-21(25)23(16)14-10-20(24)22-12-8-19(9-13-22)26-15-11-18-6-4-3-5-7-18/h3-7,19H,8-15H2,1-2H3. The molecule has 1 amide bonds. The van der Waals surface area contributed by atoms with Gasteiger partial charge in [0.25, 0.3) is 0 Å². The molecular formula is C21H28N2O3S. The van der Waals surface area contributed by atoms with Crippen molar-refractivity contribution >= 4 is 17.2 Å². The van der Waals surface area contributed by atoms with E-state index in [4.69, 9.17) is 4.74 Å². The van der Waals surface area contributed by atoms with Crippen LogP contribution in [0.3, 0.4) is 0 Å². The molecule has 0 saturated carbocycles. The molecule has 1 aromatic heterocycles. The van der Waals surface area contributed by atoms with Crippen molar-refractivity contribution in [2.75, 3.05) is 19.7 Å². The zero-order valence-electron chi connectivity index (χ0n) is 16.1. The fourth-order valence-corrected chi connectivity index (χ4v) is 4.33. The first-order valence-corrected chi connectivity index (χ1v) is 10.5. The van der Waals surface area contributed by atoms with E-state index in [2.05, 4.69) is 12.1 Å². The molecule has 2 aromatic rings. The number of rotatable bonds is 7. The number of likely N-dealkylation sites (tertiary alicyclic amines) is 1. The molecule has 27 heavy (non-hydrogen) atoms. The van der Waals surface area contributed by atoms with Crippen LogP contribution in [0.5, 0.6) is 0 Å². The summed E-state index contributed by atoms with van der Waals surface area (Å²) in [7, 11) is 0. The van der Waals surface area contributed by atoms with Gasteiger partial charge in [0.2, 0.25) is 5.91 Å². The Labute approximate surface area is 164 Å². The van der Waals surface area contributed by atoms with E-state index in [0.29, 0.717) is 13.0 Å². The van der Waals surface area contributed by atoms with Crippen LogP contribution in [0.4, 0.5) is 0 Å². The predicted molar refractivity (Wildman–Crippen MR) is 108 cm³/mol. The minimum Gasteiger partial charge on any atom is -0.378 e. The van der Waals surface area contributed by atoms with Gasteiger partial charge < -0.3 is 14.2 Å². The minimum absolute atomic E-state index is 0.0309. The lowest BCUT2D eigenvalue weighted by molar-refractivity contribution is -0.134. The van der Waals surface area contributed by atoms with Crippen LogP contribution in [0.15, 0.2) is 35.1 Å². The van der Waals surface area contributed by atoms with Crippen LogP contribution in [-0.2, 0) is 22.5 Å². The Morgan fingerprint density at radius 2 is 1.89 bits per heavy atom. The largest absolute Gasteiger partial charge is 0.378 e. The molecule has 1 aliphatic rings. The fraction of sp³-hybridized carbons (Fsp3) is 0.524. The number of nitrogens with zero attached hydrogens (tertiary/aromatic N) is 2. The summed E-state index contributed by atoms with van der Waals surface area (Å²) in [6, 6.07) is 10.4. The summed E-state index contributed by atoms with van der Waals surface area (Å²) in [4.78, 5) is 27.4. The van der Waals surface area contributed by atoms with Gasteiger partial charge in [-0.15, -0.1) is 0 Å². The van der Waals surface area contributed by atoms with Gasteiger partial charge in [-0.25, -0.2) is 0 Å². The lowest BCUT2D eigenvalue weighted by atomic mass is 10.1. The zero-order valence-corrected chi connectivity index (χ0v) is 17.0. The van der Waals surface area contributed by atoms with E-state index in [1.807, 2.05) is 36.9 Å². The molecular weight excluding hydrogens is 360 g/mol. The third-order valence-corrected chi connectivity index (χ3v) is 6.30. The van der Waals surface area contributed by atoms with E-state index in [1.54, 1.807) is 4.57 Å². The third-order valence-electron chi connectivity index (χ3n) is 5.31. The van der Waals surface area contributed by atoms with Crippen LogP contribution in [0.1, 0.15) is 35.4 Å². The SMILES string of the molecule is Cc1sc(=O)n(CCC(=O)N2CCC(OCCc3ccccc3)CC2)c1C. The van der Waals surface area contributed by atoms with Gasteiger partial charge in [-0.2, -0.15) is 0 Å². The lowest BCUT2D eigenvalue weighted by Gasteiger charge is -2.32. The first-order valence-electron chi connectivity index (χ1n) is 9.64. The van der Waals surface area contributed by atoms with Crippen LogP contribution in [0.2, 0.25) is 0 Å². The fourth-order valence-electron chi connectivity index (χ4n) is 3.47. The number of ether oxygens (including phenoxy) is 1. The van der Waals surface area contributed by atoms with Gasteiger partial charge in [0.05, 0.1) is 12.7 Å². The van der Waals surface area contributed by atoms with Gasteiger partial charge >= 0.3 is 4.87 Å². The lowest BCUT2D eigenvalue weighted by Crippen LogP contribution is -2.41. The highest BCUT2D eigenvalue weighted by molar-refractivity contribution is 7.09. The van der Waals surface area contributed by atoms with Gasteiger partial charge in [0.1, 0.15) is 0 Å². The zero-order chi connectivity index (χ0) is 19.2. The summed E-state index contributed by atoms with van der Waals surface area (Å²) in [5.41, 5.74) is 2.27. The van der Waals surface area contributed by atoms with Crippen LogP contribution >= 0.6 is 11.3 Å². The molecule has 0 unspecified atom stereocenters. The Morgan fingerprint density at radius 1 is 1.19 bits per heavy atom. The molecule has 0 spiro atoms. The molecule has 1 aliphatic heterocycles. The number of carbonyl (C=O) groups is 1. The Balaban J connectivity index is 1.38. The predicted octanol–water partition coefficient (Wildman–Crippen LogP) is 3.17. The molecule has 3 rings (SSSR count). The Bertz CT molecular complexity index is 805. The summed E-state index contributed by atoms with van der Waals surface area (Å²) < 4.78 is 7.72. The topological polar surface area (TPSA) is 51.5 Å². The number of aryl methyl sites for hydroxylation is 1. The Kier molecular flexibility index (Phi) is 6.85. The normalized spacial score (nSPS) is 15.3. The van der Waals surface area contributed by atoms with Crippen molar-refractivity contribution in [1.29, 1.82) is 0 Å². The van der Waals surface area contributed by atoms with Gasteiger partial charge in [-0.1, -0.05) is 41.7 Å². The average Bonchev–Trinajstić information content (AvgIpc) is 2.93. The van der Waals surface area contributed by atoms with Crippen molar-refractivity contribution in [2.24, 2.45) is 0 Å². The maximum atomic E-state index is 12.5. The average molecular weight is 389 g/mol. The van der Waals surface area contributed by atoms with Crippen LogP contribution in [-0.4, -0.2) is 41.2 Å². The number of carbonyl (C=O) groups excluding carboxylic acids is 1. The quantitative estimate of drug-likeness (QED) is 0.732. The number of hydrogen-bond donors (Lipinski definition) is 0. The van der Waals surface area contributed by atoms with Crippen molar-refractivity contribution in [2.45, 2.75) is 52.2 Å². The first-order chi connectivity index (χ1) is 13.0.